The maximum atomic E-state index is 12.9. The van der Waals surface area contributed by atoms with E-state index in [1.54, 1.807) is 43.0 Å². The molecule has 156 valence electrons. The number of ether oxygens (including phenoxy) is 1. The highest BCUT2D eigenvalue weighted by molar-refractivity contribution is 6.32. The van der Waals surface area contributed by atoms with Gasteiger partial charge < -0.3 is 15.0 Å². The average Bonchev–Trinajstić information content (AvgIpc) is 2.78. The minimum absolute atomic E-state index is 0.0556. The summed E-state index contributed by atoms with van der Waals surface area (Å²) in [6.07, 6.45) is 1.61. The molecular formula is C21H20ClN3O5. The lowest BCUT2D eigenvalue weighted by molar-refractivity contribution is -0.384. The van der Waals surface area contributed by atoms with Crippen molar-refractivity contribution >= 4 is 40.5 Å². The standard InChI is InChI=1S/C21H20ClN3O5/c1-4-9-24-17-11-14(6-8-18(17)30-12-21(2,3)20(24)27)23-19(26)13-5-7-15(22)16(10-13)25(28)29/h4-8,10-11H,1,9,12H2,2-3H3,(H,23,26). The van der Waals surface area contributed by atoms with Crippen LogP contribution in [0.2, 0.25) is 5.02 Å². The largest absolute Gasteiger partial charge is 0.490 e. The predicted molar refractivity (Wildman–Crippen MR) is 114 cm³/mol. The topological polar surface area (TPSA) is 102 Å². The fourth-order valence-electron chi connectivity index (χ4n) is 3.03. The van der Waals surface area contributed by atoms with Gasteiger partial charge in [-0.3, -0.25) is 19.7 Å². The molecule has 0 spiro atoms. The van der Waals surface area contributed by atoms with E-state index in [0.29, 0.717) is 17.1 Å². The molecule has 9 heteroatoms. The molecule has 1 aliphatic heterocycles. The number of fused-ring (bicyclic) bond motifs is 1. The quantitative estimate of drug-likeness (QED) is 0.430. The van der Waals surface area contributed by atoms with Crippen LogP contribution in [0.4, 0.5) is 17.1 Å². The van der Waals surface area contributed by atoms with Crippen LogP contribution in [0, 0.1) is 15.5 Å². The van der Waals surface area contributed by atoms with E-state index in [0.717, 1.165) is 6.07 Å². The summed E-state index contributed by atoms with van der Waals surface area (Å²) >= 11 is 5.80. The Morgan fingerprint density at radius 3 is 2.77 bits per heavy atom. The molecule has 1 aliphatic rings. The number of halogens is 1. The van der Waals surface area contributed by atoms with Gasteiger partial charge in [-0.05, 0) is 44.2 Å². The maximum Gasteiger partial charge on any atom is 0.288 e. The van der Waals surface area contributed by atoms with Crippen molar-refractivity contribution in [1.29, 1.82) is 0 Å². The van der Waals surface area contributed by atoms with Crippen LogP contribution in [0.1, 0.15) is 24.2 Å². The molecule has 8 nitrogen and oxygen atoms in total. The van der Waals surface area contributed by atoms with Crippen molar-refractivity contribution in [2.24, 2.45) is 5.41 Å². The Morgan fingerprint density at radius 2 is 2.10 bits per heavy atom. The van der Waals surface area contributed by atoms with Crippen molar-refractivity contribution in [3.63, 3.8) is 0 Å². The van der Waals surface area contributed by atoms with Gasteiger partial charge in [-0.15, -0.1) is 6.58 Å². The van der Waals surface area contributed by atoms with Gasteiger partial charge in [0.15, 0.2) is 0 Å². The SMILES string of the molecule is C=CCN1C(=O)C(C)(C)COc2ccc(NC(=O)c3ccc(Cl)c([N+](=O)[O-])c3)cc21. The number of carbonyl (C=O) groups excluding carboxylic acids is 2. The van der Waals surface area contributed by atoms with Crippen LogP contribution in [-0.2, 0) is 4.79 Å². The number of carbonyl (C=O) groups is 2. The van der Waals surface area contributed by atoms with E-state index < -0.39 is 16.2 Å². The molecule has 2 aromatic carbocycles. The minimum Gasteiger partial charge on any atom is -0.490 e. The van der Waals surface area contributed by atoms with Crippen molar-refractivity contribution in [2.75, 3.05) is 23.4 Å². The molecule has 2 aromatic rings. The molecule has 2 amide bonds. The molecule has 1 N–H and O–H groups in total. The first kappa shape index (κ1) is 21.3. The third-order valence-corrected chi connectivity index (χ3v) is 4.96. The molecule has 0 fully saturated rings. The van der Waals surface area contributed by atoms with Crippen LogP contribution < -0.4 is 15.0 Å². The van der Waals surface area contributed by atoms with Gasteiger partial charge in [0.05, 0.1) is 16.0 Å². The molecule has 3 rings (SSSR count). The van der Waals surface area contributed by atoms with Gasteiger partial charge in [0, 0.05) is 23.9 Å². The zero-order valence-electron chi connectivity index (χ0n) is 16.5. The van der Waals surface area contributed by atoms with Gasteiger partial charge in [-0.25, -0.2) is 0 Å². The molecule has 0 atom stereocenters. The second-order valence-corrected chi connectivity index (χ2v) is 7.84. The van der Waals surface area contributed by atoms with Gasteiger partial charge in [0.1, 0.15) is 17.4 Å². The Balaban J connectivity index is 1.93. The molecule has 0 saturated carbocycles. The van der Waals surface area contributed by atoms with E-state index >= 15 is 0 Å². The smallest absolute Gasteiger partial charge is 0.288 e. The molecule has 30 heavy (non-hydrogen) atoms. The number of anilines is 2. The van der Waals surface area contributed by atoms with E-state index in [2.05, 4.69) is 11.9 Å². The maximum absolute atomic E-state index is 12.9. The fourth-order valence-corrected chi connectivity index (χ4v) is 3.22. The second-order valence-electron chi connectivity index (χ2n) is 7.44. The Labute approximate surface area is 178 Å². The number of nitrogens with one attached hydrogen (secondary N) is 1. The van der Waals surface area contributed by atoms with Gasteiger partial charge in [0.25, 0.3) is 11.6 Å². The second kappa shape index (κ2) is 8.16. The zero-order chi connectivity index (χ0) is 22.1. The van der Waals surface area contributed by atoms with Crippen molar-refractivity contribution < 1.29 is 19.2 Å². The van der Waals surface area contributed by atoms with Gasteiger partial charge >= 0.3 is 0 Å². The summed E-state index contributed by atoms with van der Waals surface area (Å²) in [6.45, 7) is 7.80. The summed E-state index contributed by atoms with van der Waals surface area (Å²) in [5.41, 5.74) is -0.0952. The van der Waals surface area contributed by atoms with Gasteiger partial charge in [0.2, 0.25) is 5.91 Å². The van der Waals surface area contributed by atoms with Crippen LogP contribution in [0.5, 0.6) is 5.75 Å². The fraction of sp³-hybridized carbons (Fsp3) is 0.238. The summed E-state index contributed by atoms with van der Waals surface area (Å²) in [5.74, 6) is -0.167. The van der Waals surface area contributed by atoms with E-state index in [-0.39, 0.29) is 35.3 Å². The van der Waals surface area contributed by atoms with E-state index in [4.69, 9.17) is 16.3 Å². The molecule has 0 bridgehead atoms. The third-order valence-electron chi connectivity index (χ3n) is 4.64. The van der Waals surface area contributed by atoms with Crippen LogP contribution in [-0.4, -0.2) is 29.9 Å². The summed E-state index contributed by atoms with van der Waals surface area (Å²) in [5, 5.41) is 13.7. The molecular weight excluding hydrogens is 410 g/mol. The highest BCUT2D eigenvalue weighted by atomic mass is 35.5. The Kier molecular flexibility index (Phi) is 5.80. The number of rotatable bonds is 5. The Morgan fingerprint density at radius 1 is 1.37 bits per heavy atom. The number of hydrogen-bond donors (Lipinski definition) is 1. The van der Waals surface area contributed by atoms with Crippen LogP contribution in [0.15, 0.2) is 49.1 Å². The van der Waals surface area contributed by atoms with Crippen molar-refractivity contribution in [3.05, 3.63) is 69.8 Å². The number of amides is 2. The molecule has 0 unspecified atom stereocenters. The van der Waals surface area contributed by atoms with Crippen molar-refractivity contribution in [2.45, 2.75) is 13.8 Å². The van der Waals surface area contributed by atoms with Gasteiger partial charge in [-0.1, -0.05) is 17.7 Å². The summed E-state index contributed by atoms with van der Waals surface area (Å²) in [4.78, 5) is 37.5. The first-order valence-electron chi connectivity index (χ1n) is 9.09. The molecule has 0 aliphatic carbocycles. The minimum atomic E-state index is -0.728. The monoisotopic (exact) mass is 429 g/mol. The third kappa shape index (κ3) is 4.13. The first-order valence-corrected chi connectivity index (χ1v) is 9.47. The number of nitro benzene ring substituents is 1. The average molecular weight is 430 g/mol. The van der Waals surface area contributed by atoms with Gasteiger partial charge in [-0.2, -0.15) is 0 Å². The number of benzene rings is 2. The molecule has 0 radical (unpaired) electrons. The van der Waals surface area contributed by atoms with Crippen LogP contribution >= 0.6 is 11.6 Å². The summed E-state index contributed by atoms with van der Waals surface area (Å²) in [6, 6.07) is 8.73. The highest BCUT2D eigenvalue weighted by Crippen LogP contribution is 2.38. The number of hydrogen-bond acceptors (Lipinski definition) is 5. The molecule has 0 saturated heterocycles. The van der Waals surface area contributed by atoms with E-state index in [1.165, 1.54) is 12.1 Å². The zero-order valence-corrected chi connectivity index (χ0v) is 17.2. The predicted octanol–water partition coefficient (Wildman–Crippen LogP) is 4.44. The lowest BCUT2D eigenvalue weighted by Crippen LogP contribution is -2.42. The van der Waals surface area contributed by atoms with E-state index in [1.807, 2.05) is 0 Å². The molecule has 1 heterocycles. The first-order chi connectivity index (χ1) is 14.1. The van der Waals surface area contributed by atoms with Crippen LogP contribution in [0.3, 0.4) is 0 Å². The normalized spacial score (nSPS) is 14.9. The van der Waals surface area contributed by atoms with Crippen molar-refractivity contribution in [1.82, 2.24) is 0 Å². The Hall–Kier alpha value is -3.39. The highest BCUT2D eigenvalue weighted by Gasteiger charge is 2.37. The summed E-state index contributed by atoms with van der Waals surface area (Å²) in [7, 11) is 0. The van der Waals surface area contributed by atoms with Crippen molar-refractivity contribution in [3.8, 4) is 5.75 Å². The van der Waals surface area contributed by atoms with E-state index in [9.17, 15) is 19.7 Å². The lowest BCUT2D eigenvalue weighted by atomic mass is 9.93. The number of nitro groups is 1. The summed E-state index contributed by atoms with van der Waals surface area (Å²) < 4.78 is 5.81. The van der Waals surface area contributed by atoms with Crippen LogP contribution in [0.25, 0.3) is 0 Å². The Bertz CT molecular complexity index is 1050. The number of nitrogens with zero attached hydrogens (tertiary/aromatic N) is 2. The molecule has 0 aromatic heterocycles. The lowest BCUT2D eigenvalue weighted by Gasteiger charge is -2.27.